The first-order chi connectivity index (χ1) is 13.1. The molecule has 0 radical (unpaired) electrons. The van der Waals surface area contributed by atoms with Crippen LogP contribution in [0.5, 0.6) is 17.2 Å². The number of aromatic hydroxyl groups is 1. The van der Waals surface area contributed by atoms with Crippen LogP contribution in [0.1, 0.15) is 36.4 Å². The van der Waals surface area contributed by atoms with Crippen LogP contribution in [0.2, 0.25) is 0 Å². The summed E-state index contributed by atoms with van der Waals surface area (Å²) in [4.78, 5) is 4.25. The third-order valence-electron chi connectivity index (χ3n) is 4.26. The van der Waals surface area contributed by atoms with Crippen molar-refractivity contribution in [2.24, 2.45) is 4.99 Å². The SMILES string of the molecule is CCc1noc(CC)c1CNC(=NC)NCc1cc(OC)c(O)c(OC)c1. The second kappa shape index (κ2) is 9.70. The number of nitrogens with zero attached hydrogens (tertiary/aromatic N) is 2. The van der Waals surface area contributed by atoms with Crippen LogP contribution in [0.4, 0.5) is 0 Å². The number of hydrogen-bond acceptors (Lipinski definition) is 6. The monoisotopic (exact) mass is 376 g/mol. The Hall–Kier alpha value is -2.90. The molecule has 0 fully saturated rings. The normalized spacial score (nSPS) is 11.4. The molecule has 1 aromatic carbocycles. The van der Waals surface area contributed by atoms with Gasteiger partial charge in [-0.1, -0.05) is 19.0 Å². The van der Waals surface area contributed by atoms with Crippen molar-refractivity contribution in [2.45, 2.75) is 39.8 Å². The number of nitrogens with one attached hydrogen (secondary N) is 2. The number of methoxy groups -OCH3 is 2. The van der Waals surface area contributed by atoms with Crippen molar-refractivity contribution in [3.05, 3.63) is 34.7 Å². The number of phenols is 1. The zero-order valence-electron chi connectivity index (χ0n) is 16.5. The predicted molar refractivity (Wildman–Crippen MR) is 104 cm³/mol. The van der Waals surface area contributed by atoms with E-state index >= 15 is 0 Å². The molecule has 27 heavy (non-hydrogen) atoms. The number of aromatic nitrogens is 1. The van der Waals surface area contributed by atoms with Gasteiger partial charge in [0.2, 0.25) is 5.75 Å². The average Bonchev–Trinajstić information content (AvgIpc) is 3.10. The molecule has 0 amide bonds. The number of guanidine groups is 1. The van der Waals surface area contributed by atoms with Crippen molar-refractivity contribution in [3.8, 4) is 17.2 Å². The third kappa shape index (κ3) is 4.84. The molecule has 0 aliphatic carbocycles. The van der Waals surface area contributed by atoms with Gasteiger partial charge in [0.25, 0.3) is 0 Å². The summed E-state index contributed by atoms with van der Waals surface area (Å²) >= 11 is 0. The average molecular weight is 376 g/mol. The number of benzene rings is 1. The summed E-state index contributed by atoms with van der Waals surface area (Å²) in [6.07, 6.45) is 1.61. The van der Waals surface area contributed by atoms with Crippen molar-refractivity contribution < 1.29 is 19.1 Å². The minimum absolute atomic E-state index is 0.0158. The zero-order chi connectivity index (χ0) is 19.8. The van der Waals surface area contributed by atoms with Gasteiger partial charge in [0.05, 0.1) is 19.9 Å². The van der Waals surface area contributed by atoms with Gasteiger partial charge < -0.3 is 29.7 Å². The number of phenolic OH excluding ortho intramolecular Hbond substituents is 1. The summed E-state index contributed by atoms with van der Waals surface area (Å²) < 4.78 is 15.8. The molecule has 0 unspecified atom stereocenters. The maximum absolute atomic E-state index is 10.0. The van der Waals surface area contributed by atoms with Crippen LogP contribution < -0.4 is 20.1 Å². The fourth-order valence-electron chi connectivity index (χ4n) is 2.77. The summed E-state index contributed by atoms with van der Waals surface area (Å²) in [5.74, 6) is 2.24. The largest absolute Gasteiger partial charge is 0.502 e. The Morgan fingerprint density at radius 1 is 1.11 bits per heavy atom. The van der Waals surface area contributed by atoms with Crippen LogP contribution in [0.3, 0.4) is 0 Å². The van der Waals surface area contributed by atoms with Gasteiger partial charge in [0, 0.05) is 32.1 Å². The molecule has 0 saturated heterocycles. The molecule has 0 bridgehead atoms. The maximum Gasteiger partial charge on any atom is 0.200 e. The van der Waals surface area contributed by atoms with E-state index in [9.17, 15) is 5.11 Å². The molecule has 2 aromatic rings. The number of aryl methyl sites for hydroxylation is 2. The topological polar surface area (TPSA) is 101 Å². The fraction of sp³-hybridized carbons (Fsp3) is 0.474. The van der Waals surface area contributed by atoms with E-state index < -0.39 is 0 Å². The Balaban J connectivity index is 2.03. The molecule has 2 rings (SSSR count). The van der Waals surface area contributed by atoms with Gasteiger partial charge in [0.1, 0.15) is 5.76 Å². The van der Waals surface area contributed by atoms with E-state index in [1.54, 1.807) is 19.2 Å². The van der Waals surface area contributed by atoms with Crippen LogP contribution in [0.25, 0.3) is 0 Å². The van der Waals surface area contributed by atoms with Gasteiger partial charge in [-0.3, -0.25) is 4.99 Å². The Bertz CT molecular complexity index is 740. The highest BCUT2D eigenvalue weighted by atomic mass is 16.5. The Kier molecular flexibility index (Phi) is 7.34. The van der Waals surface area contributed by atoms with Crippen LogP contribution in [-0.4, -0.2) is 37.5 Å². The lowest BCUT2D eigenvalue weighted by Crippen LogP contribution is -2.36. The molecular weight excluding hydrogens is 348 g/mol. The number of aliphatic imine (C=N–C) groups is 1. The maximum atomic E-state index is 10.0. The lowest BCUT2D eigenvalue weighted by molar-refractivity contribution is 0.339. The van der Waals surface area contributed by atoms with Crippen molar-refractivity contribution in [1.29, 1.82) is 0 Å². The molecule has 1 heterocycles. The lowest BCUT2D eigenvalue weighted by atomic mass is 10.1. The second-order valence-corrected chi connectivity index (χ2v) is 5.87. The van der Waals surface area contributed by atoms with Gasteiger partial charge in [-0.15, -0.1) is 0 Å². The van der Waals surface area contributed by atoms with Gasteiger partial charge in [-0.25, -0.2) is 0 Å². The van der Waals surface area contributed by atoms with Crippen molar-refractivity contribution >= 4 is 5.96 Å². The summed E-state index contributed by atoms with van der Waals surface area (Å²) in [5, 5.41) is 20.7. The minimum atomic E-state index is -0.0158. The molecule has 8 nitrogen and oxygen atoms in total. The van der Waals surface area contributed by atoms with Crippen LogP contribution in [0.15, 0.2) is 21.6 Å². The van der Waals surface area contributed by atoms with Gasteiger partial charge in [0.15, 0.2) is 17.5 Å². The Morgan fingerprint density at radius 2 is 1.74 bits per heavy atom. The van der Waals surface area contributed by atoms with Crippen LogP contribution in [0, 0.1) is 0 Å². The van der Waals surface area contributed by atoms with Crippen molar-refractivity contribution in [1.82, 2.24) is 15.8 Å². The van der Waals surface area contributed by atoms with Crippen LogP contribution >= 0.6 is 0 Å². The van der Waals surface area contributed by atoms with Gasteiger partial charge in [-0.05, 0) is 24.1 Å². The highest BCUT2D eigenvalue weighted by molar-refractivity contribution is 5.79. The van der Waals surface area contributed by atoms with Crippen molar-refractivity contribution in [3.63, 3.8) is 0 Å². The number of hydrogen-bond donors (Lipinski definition) is 3. The molecular formula is C19H28N4O4. The third-order valence-corrected chi connectivity index (χ3v) is 4.26. The lowest BCUT2D eigenvalue weighted by Gasteiger charge is -2.14. The van der Waals surface area contributed by atoms with E-state index in [4.69, 9.17) is 14.0 Å². The van der Waals surface area contributed by atoms with E-state index in [2.05, 4.69) is 27.7 Å². The fourth-order valence-corrected chi connectivity index (χ4v) is 2.77. The van der Waals surface area contributed by atoms with Crippen molar-refractivity contribution in [2.75, 3.05) is 21.3 Å². The summed E-state index contributed by atoms with van der Waals surface area (Å²) in [7, 11) is 4.71. The van der Waals surface area contributed by atoms with E-state index in [0.29, 0.717) is 30.5 Å². The molecule has 8 heteroatoms. The first-order valence-corrected chi connectivity index (χ1v) is 8.92. The van der Waals surface area contributed by atoms with E-state index in [1.807, 2.05) is 6.92 Å². The summed E-state index contributed by atoms with van der Waals surface area (Å²) in [5.41, 5.74) is 2.93. The quantitative estimate of drug-likeness (QED) is 0.480. The number of ether oxygens (including phenoxy) is 2. The van der Waals surface area contributed by atoms with Gasteiger partial charge >= 0.3 is 0 Å². The molecule has 1 aromatic heterocycles. The molecule has 0 aliphatic heterocycles. The Morgan fingerprint density at radius 3 is 2.26 bits per heavy atom. The van der Waals surface area contributed by atoms with E-state index in [-0.39, 0.29) is 5.75 Å². The standard InChI is InChI=1S/C19H28N4O4/c1-6-14-13(15(7-2)27-23-14)11-22-19(20-3)21-10-12-8-16(25-4)18(24)17(9-12)26-5/h8-9,24H,6-7,10-11H2,1-5H3,(H2,20,21,22). The highest BCUT2D eigenvalue weighted by Crippen LogP contribution is 2.36. The van der Waals surface area contributed by atoms with Crippen LogP contribution in [-0.2, 0) is 25.9 Å². The van der Waals surface area contributed by atoms with E-state index in [0.717, 1.165) is 35.4 Å². The second-order valence-electron chi connectivity index (χ2n) is 5.87. The molecule has 148 valence electrons. The molecule has 0 saturated carbocycles. The zero-order valence-corrected chi connectivity index (χ0v) is 16.5. The van der Waals surface area contributed by atoms with E-state index in [1.165, 1.54) is 14.2 Å². The smallest absolute Gasteiger partial charge is 0.200 e. The summed E-state index contributed by atoms with van der Waals surface area (Å²) in [6, 6.07) is 3.50. The minimum Gasteiger partial charge on any atom is -0.502 e. The Labute approximate surface area is 159 Å². The predicted octanol–water partition coefficient (Wildman–Crippen LogP) is 2.39. The summed E-state index contributed by atoms with van der Waals surface area (Å²) in [6.45, 7) is 5.16. The molecule has 0 spiro atoms. The first kappa shape index (κ1) is 20.4. The van der Waals surface area contributed by atoms with Gasteiger partial charge in [-0.2, -0.15) is 0 Å². The molecule has 0 aliphatic rings. The first-order valence-electron chi connectivity index (χ1n) is 8.92. The number of rotatable bonds is 8. The highest BCUT2D eigenvalue weighted by Gasteiger charge is 2.14. The molecule has 0 atom stereocenters. The molecule has 3 N–H and O–H groups in total.